The average Bonchev–Trinajstić information content (AvgIpc) is 2.37. The smallest absolute Gasteiger partial charge is 0.156 e. The molecule has 7 heteroatoms. The Hall–Kier alpha value is -1.36. The molecule has 0 saturated carbocycles. The minimum absolute atomic E-state index is 0.120. The number of benzene rings is 1. The number of aryl methyl sites for hydroxylation is 1. The van der Waals surface area contributed by atoms with E-state index in [2.05, 4.69) is 15.3 Å². The van der Waals surface area contributed by atoms with Crippen LogP contribution in [0.4, 0.5) is 5.82 Å². The molecule has 2 rings (SSSR count). The SMILES string of the molecule is Cc1nc(Cl)c(C=O)c(NC(C)c2ccc(Cl)cc2Cl)n1. The molecule has 21 heavy (non-hydrogen) atoms. The molecule has 0 saturated heterocycles. The van der Waals surface area contributed by atoms with Crippen LogP contribution in [0.2, 0.25) is 15.2 Å². The minimum Gasteiger partial charge on any atom is -0.363 e. The number of hydrogen-bond donors (Lipinski definition) is 1. The Balaban J connectivity index is 2.35. The maximum Gasteiger partial charge on any atom is 0.156 e. The van der Waals surface area contributed by atoms with Gasteiger partial charge in [0.15, 0.2) is 6.29 Å². The molecule has 1 aromatic heterocycles. The number of nitrogens with one attached hydrogen (secondary N) is 1. The third kappa shape index (κ3) is 3.64. The van der Waals surface area contributed by atoms with Crippen LogP contribution in [0.15, 0.2) is 18.2 Å². The van der Waals surface area contributed by atoms with Gasteiger partial charge in [-0.05, 0) is 31.5 Å². The molecule has 0 aliphatic heterocycles. The first-order valence-corrected chi connectivity index (χ1v) is 7.26. The first-order valence-electron chi connectivity index (χ1n) is 6.13. The molecule has 1 aromatic carbocycles. The zero-order valence-electron chi connectivity index (χ0n) is 11.3. The molecule has 110 valence electrons. The minimum atomic E-state index is -0.182. The van der Waals surface area contributed by atoms with Crippen molar-refractivity contribution in [2.45, 2.75) is 19.9 Å². The van der Waals surface area contributed by atoms with Crippen LogP contribution in [-0.4, -0.2) is 16.3 Å². The van der Waals surface area contributed by atoms with Gasteiger partial charge in [0.2, 0.25) is 0 Å². The monoisotopic (exact) mass is 343 g/mol. The Bertz CT molecular complexity index is 691. The zero-order chi connectivity index (χ0) is 15.6. The standard InChI is InChI=1S/C14H12Cl3N3O/c1-7(10-4-3-9(15)5-12(10)16)18-14-11(6-21)13(17)19-8(2)20-14/h3-7H,1-2H3,(H,18,19,20). The van der Waals surface area contributed by atoms with Crippen LogP contribution in [0, 0.1) is 6.92 Å². The van der Waals surface area contributed by atoms with Crippen LogP contribution in [-0.2, 0) is 0 Å². The van der Waals surface area contributed by atoms with Crippen LogP contribution in [0.3, 0.4) is 0 Å². The van der Waals surface area contributed by atoms with Gasteiger partial charge in [0.05, 0.1) is 11.6 Å². The highest BCUT2D eigenvalue weighted by molar-refractivity contribution is 6.35. The van der Waals surface area contributed by atoms with Gasteiger partial charge >= 0.3 is 0 Å². The molecule has 1 atom stereocenters. The predicted molar refractivity (Wildman–Crippen MR) is 85.7 cm³/mol. The Morgan fingerprint density at radius 3 is 2.57 bits per heavy atom. The lowest BCUT2D eigenvalue weighted by Gasteiger charge is -2.18. The number of nitrogens with zero attached hydrogens (tertiary/aromatic N) is 2. The van der Waals surface area contributed by atoms with Crippen molar-refractivity contribution in [3.05, 3.63) is 50.3 Å². The highest BCUT2D eigenvalue weighted by Crippen LogP contribution is 2.29. The van der Waals surface area contributed by atoms with E-state index in [0.29, 0.717) is 28.0 Å². The predicted octanol–water partition coefficient (Wildman–Crippen LogP) is 4.73. The first kappa shape index (κ1) is 16.0. The fourth-order valence-corrected chi connectivity index (χ4v) is 2.73. The third-order valence-corrected chi connectivity index (χ3v) is 3.76. The van der Waals surface area contributed by atoms with E-state index >= 15 is 0 Å². The lowest BCUT2D eigenvalue weighted by Crippen LogP contribution is -2.12. The summed E-state index contributed by atoms with van der Waals surface area (Å²) in [6, 6.07) is 5.05. The second-order valence-electron chi connectivity index (χ2n) is 4.47. The van der Waals surface area contributed by atoms with Crippen molar-refractivity contribution in [2.75, 3.05) is 5.32 Å². The van der Waals surface area contributed by atoms with Gasteiger partial charge in [0.1, 0.15) is 16.8 Å². The summed E-state index contributed by atoms with van der Waals surface area (Å²) in [5.74, 6) is 0.850. The van der Waals surface area contributed by atoms with Gasteiger partial charge in [-0.1, -0.05) is 40.9 Å². The summed E-state index contributed by atoms with van der Waals surface area (Å²) in [4.78, 5) is 19.3. The molecule has 0 radical (unpaired) electrons. The Kier molecular flexibility index (Phi) is 5.04. The topological polar surface area (TPSA) is 54.9 Å². The normalized spacial score (nSPS) is 12.0. The van der Waals surface area contributed by atoms with Crippen molar-refractivity contribution >= 4 is 46.9 Å². The van der Waals surface area contributed by atoms with Crippen LogP contribution < -0.4 is 5.32 Å². The number of hydrogen-bond acceptors (Lipinski definition) is 4. The fourth-order valence-electron chi connectivity index (χ4n) is 1.90. The fraction of sp³-hybridized carbons (Fsp3) is 0.214. The van der Waals surface area contributed by atoms with Crippen LogP contribution in [0.1, 0.15) is 34.7 Å². The molecule has 2 aromatic rings. The average molecular weight is 345 g/mol. The second-order valence-corrected chi connectivity index (χ2v) is 5.68. The zero-order valence-corrected chi connectivity index (χ0v) is 13.6. The number of aromatic nitrogens is 2. The highest BCUT2D eigenvalue weighted by atomic mass is 35.5. The van der Waals surface area contributed by atoms with Gasteiger partial charge in [0, 0.05) is 10.0 Å². The Labute approximate surface area is 137 Å². The number of carbonyl (C=O) groups excluding carboxylic acids is 1. The summed E-state index contributed by atoms with van der Waals surface area (Å²) < 4.78 is 0. The molecular weight excluding hydrogens is 333 g/mol. The van der Waals surface area contributed by atoms with E-state index in [1.807, 2.05) is 13.0 Å². The van der Waals surface area contributed by atoms with E-state index in [1.54, 1.807) is 19.1 Å². The summed E-state index contributed by atoms with van der Waals surface area (Å²) in [6.45, 7) is 3.60. The van der Waals surface area contributed by atoms with Crippen molar-refractivity contribution in [3.8, 4) is 0 Å². The Morgan fingerprint density at radius 2 is 1.95 bits per heavy atom. The third-order valence-electron chi connectivity index (χ3n) is 2.91. The highest BCUT2D eigenvalue weighted by Gasteiger charge is 2.16. The number of rotatable bonds is 4. The molecule has 0 fully saturated rings. The molecule has 1 heterocycles. The summed E-state index contributed by atoms with van der Waals surface area (Å²) >= 11 is 18.0. The van der Waals surface area contributed by atoms with Gasteiger partial charge in [-0.3, -0.25) is 4.79 Å². The summed E-state index contributed by atoms with van der Waals surface area (Å²) in [6.07, 6.45) is 0.625. The molecule has 0 bridgehead atoms. The van der Waals surface area contributed by atoms with Crippen molar-refractivity contribution < 1.29 is 4.79 Å². The molecule has 1 N–H and O–H groups in total. The van der Waals surface area contributed by atoms with Crippen LogP contribution >= 0.6 is 34.8 Å². The van der Waals surface area contributed by atoms with Crippen LogP contribution in [0.5, 0.6) is 0 Å². The van der Waals surface area contributed by atoms with E-state index < -0.39 is 0 Å². The summed E-state index contributed by atoms with van der Waals surface area (Å²) in [5, 5.41) is 4.34. The first-order chi connectivity index (χ1) is 9.92. The number of carbonyl (C=O) groups is 1. The number of anilines is 1. The van der Waals surface area contributed by atoms with E-state index in [0.717, 1.165) is 5.56 Å². The molecule has 0 spiro atoms. The van der Waals surface area contributed by atoms with E-state index in [4.69, 9.17) is 34.8 Å². The molecule has 0 aliphatic carbocycles. The molecule has 4 nitrogen and oxygen atoms in total. The van der Waals surface area contributed by atoms with E-state index in [1.165, 1.54) is 0 Å². The van der Waals surface area contributed by atoms with Crippen molar-refractivity contribution in [1.29, 1.82) is 0 Å². The molecular formula is C14H12Cl3N3O. The van der Waals surface area contributed by atoms with E-state index in [-0.39, 0.29) is 16.8 Å². The van der Waals surface area contributed by atoms with Gasteiger partial charge in [0.25, 0.3) is 0 Å². The quantitative estimate of drug-likeness (QED) is 0.643. The number of halogens is 3. The maximum atomic E-state index is 11.1. The molecule has 0 aliphatic rings. The van der Waals surface area contributed by atoms with Gasteiger partial charge in [-0.2, -0.15) is 0 Å². The summed E-state index contributed by atoms with van der Waals surface area (Å²) in [7, 11) is 0. The van der Waals surface area contributed by atoms with E-state index in [9.17, 15) is 4.79 Å². The van der Waals surface area contributed by atoms with Crippen molar-refractivity contribution in [3.63, 3.8) is 0 Å². The lowest BCUT2D eigenvalue weighted by molar-refractivity contribution is 0.112. The lowest BCUT2D eigenvalue weighted by atomic mass is 10.1. The van der Waals surface area contributed by atoms with Gasteiger partial charge < -0.3 is 5.32 Å². The maximum absolute atomic E-state index is 11.1. The van der Waals surface area contributed by atoms with Crippen molar-refractivity contribution in [1.82, 2.24) is 9.97 Å². The van der Waals surface area contributed by atoms with Gasteiger partial charge in [-0.25, -0.2) is 9.97 Å². The largest absolute Gasteiger partial charge is 0.363 e. The van der Waals surface area contributed by atoms with Gasteiger partial charge in [-0.15, -0.1) is 0 Å². The van der Waals surface area contributed by atoms with Crippen LogP contribution in [0.25, 0.3) is 0 Å². The molecule has 0 amide bonds. The van der Waals surface area contributed by atoms with Crippen molar-refractivity contribution in [2.24, 2.45) is 0 Å². The number of aldehydes is 1. The Morgan fingerprint density at radius 1 is 1.24 bits per heavy atom. The second kappa shape index (κ2) is 6.60. The molecule has 1 unspecified atom stereocenters. The summed E-state index contributed by atoms with van der Waals surface area (Å²) in [5.41, 5.74) is 1.06.